The van der Waals surface area contributed by atoms with E-state index in [2.05, 4.69) is 10.5 Å². The van der Waals surface area contributed by atoms with Crippen molar-refractivity contribution in [2.45, 2.75) is 59.9 Å². The molecule has 0 aliphatic heterocycles. The fourth-order valence-electron chi connectivity index (χ4n) is 2.14. The zero-order valence-corrected chi connectivity index (χ0v) is 13.3. The van der Waals surface area contributed by atoms with E-state index >= 15 is 0 Å². The first-order valence-corrected chi connectivity index (χ1v) is 7.06. The molecule has 1 rings (SSSR count). The summed E-state index contributed by atoms with van der Waals surface area (Å²) in [4.78, 5) is 12.5. The van der Waals surface area contributed by atoms with Crippen molar-refractivity contribution in [2.24, 2.45) is 5.41 Å². The Morgan fingerprint density at radius 1 is 1.40 bits per heavy atom. The number of carbonyl (C=O) groups is 1. The second-order valence-electron chi connectivity index (χ2n) is 6.57. The molecule has 0 aromatic carbocycles. The van der Waals surface area contributed by atoms with Gasteiger partial charge in [0.1, 0.15) is 5.56 Å². The van der Waals surface area contributed by atoms with Gasteiger partial charge in [-0.2, -0.15) is 0 Å². The third-order valence-corrected chi connectivity index (χ3v) is 3.41. The SMILES string of the molecule is Cc1noc(C(C)C)c1C(=O)NC(CCO)C(C)(C)C. The number of nitrogens with zero attached hydrogens (tertiary/aromatic N) is 1. The van der Waals surface area contributed by atoms with Crippen LogP contribution in [-0.2, 0) is 0 Å². The molecule has 1 aromatic rings. The van der Waals surface area contributed by atoms with Crippen LogP contribution in [0.4, 0.5) is 0 Å². The molecule has 1 amide bonds. The average Bonchev–Trinajstić information content (AvgIpc) is 2.69. The first-order valence-electron chi connectivity index (χ1n) is 7.06. The van der Waals surface area contributed by atoms with Crippen LogP contribution in [0, 0.1) is 12.3 Å². The number of amides is 1. The van der Waals surface area contributed by atoms with Crippen molar-refractivity contribution in [3.05, 3.63) is 17.0 Å². The highest BCUT2D eigenvalue weighted by Crippen LogP contribution is 2.25. The third kappa shape index (κ3) is 3.82. The van der Waals surface area contributed by atoms with Crippen LogP contribution in [0.5, 0.6) is 0 Å². The van der Waals surface area contributed by atoms with Crippen LogP contribution < -0.4 is 5.32 Å². The summed E-state index contributed by atoms with van der Waals surface area (Å²) in [6.45, 7) is 11.9. The lowest BCUT2D eigenvalue weighted by Crippen LogP contribution is -2.44. The molecule has 0 aliphatic rings. The van der Waals surface area contributed by atoms with E-state index in [1.54, 1.807) is 6.92 Å². The molecule has 5 heteroatoms. The van der Waals surface area contributed by atoms with Gasteiger partial charge in [-0.3, -0.25) is 4.79 Å². The molecule has 5 nitrogen and oxygen atoms in total. The van der Waals surface area contributed by atoms with Crippen LogP contribution in [0.2, 0.25) is 0 Å². The molecule has 0 bridgehead atoms. The van der Waals surface area contributed by atoms with Crippen LogP contribution in [0.15, 0.2) is 4.52 Å². The first-order chi connectivity index (χ1) is 9.18. The standard InChI is InChI=1S/C15H26N2O3/c1-9(2)13-12(10(3)17-20-13)14(19)16-11(7-8-18)15(4,5)6/h9,11,18H,7-8H2,1-6H3,(H,16,19). The van der Waals surface area contributed by atoms with Crippen molar-refractivity contribution < 1.29 is 14.4 Å². The molecular weight excluding hydrogens is 256 g/mol. The smallest absolute Gasteiger partial charge is 0.257 e. The number of aryl methyl sites for hydroxylation is 1. The Morgan fingerprint density at radius 3 is 2.45 bits per heavy atom. The van der Waals surface area contributed by atoms with Crippen LogP contribution in [0.25, 0.3) is 0 Å². The van der Waals surface area contributed by atoms with E-state index in [4.69, 9.17) is 9.63 Å². The largest absolute Gasteiger partial charge is 0.396 e. The number of rotatable bonds is 5. The van der Waals surface area contributed by atoms with E-state index in [-0.39, 0.29) is 29.9 Å². The third-order valence-electron chi connectivity index (χ3n) is 3.41. The van der Waals surface area contributed by atoms with Gasteiger partial charge in [0.05, 0.1) is 5.69 Å². The number of aliphatic hydroxyl groups is 1. The minimum Gasteiger partial charge on any atom is -0.396 e. The Balaban J connectivity index is 2.98. The quantitative estimate of drug-likeness (QED) is 0.870. The summed E-state index contributed by atoms with van der Waals surface area (Å²) >= 11 is 0. The van der Waals surface area contributed by atoms with Crippen LogP contribution in [0.3, 0.4) is 0 Å². The van der Waals surface area contributed by atoms with Gasteiger partial charge in [0.2, 0.25) is 0 Å². The molecule has 0 aliphatic carbocycles. The highest BCUT2D eigenvalue weighted by molar-refractivity contribution is 5.96. The summed E-state index contributed by atoms with van der Waals surface area (Å²) in [5.41, 5.74) is 0.997. The number of hydrogen-bond acceptors (Lipinski definition) is 4. The molecule has 0 spiro atoms. The zero-order chi connectivity index (χ0) is 15.5. The van der Waals surface area contributed by atoms with Crippen LogP contribution in [0.1, 0.15) is 68.8 Å². The maximum Gasteiger partial charge on any atom is 0.257 e. The molecule has 1 atom stereocenters. The monoisotopic (exact) mass is 282 g/mol. The minimum atomic E-state index is -0.180. The molecule has 0 saturated heterocycles. The van der Waals surface area contributed by atoms with Crippen molar-refractivity contribution >= 4 is 5.91 Å². The zero-order valence-electron chi connectivity index (χ0n) is 13.3. The van der Waals surface area contributed by atoms with Gasteiger partial charge in [0.25, 0.3) is 5.91 Å². The first kappa shape index (κ1) is 16.7. The number of aromatic nitrogens is 1. The topological polar surface area (TPSA) is 75.4 Å². The molecule has 0 saturated carbocycles. The van der Waals surface area contributed by atoms with Gasteiger partial charge in [-0.15, -0.1) is 0 Å². The molecule has 0 fully saturated rings. The van der Waals surface area contributed by atoms with Gasteiger partial charge >= 0.3 is 0 Å². The maximum atomic E-state index is 12.5. The van der Waals surface area contributed by atoms with E-state index in [1.807, 2.05) is 34.6 Å². The Kier molecular flexibility index (Phi) is 5.34. The Hall–Kier alpha value is -1.36. The van der Waals surface area contributed by atoms with E-state index in [0.717, 1.165) is 0 Å². The highest BCUT2D eigenvalue weighted by atomic mass is 16.5. The van der Waals surface area contributed by atoms with Gasteiger partial charge in [0.15, 0.2) is 5.76 Å². The summed E-state index contributed by atoms with van der Waals surface area (Å²) < 4.78 is 5.24. The van der Waals surface area contributed by atoms with Crippen molar-refractivity contribution in [2.75, 3.05) is 6.61 Å². The highest BCUT2D eigenvalue weighted by Gasteiger charge is 2.29. The van der Waals surface area contributed by atoms with Gasteiger partial charge in [-0.05, 0) is 18.8 Å². The van der Waals surface area contributed by atoms with E-state index in [1.165, 1.54) is 0 Å². The Morgan fingerprint density at radius 2 is 2.00 bits per heavy atom. The van der Waals surface area contributed by atoms with Crippen molar-refractivity contribution in [3.8, 4) is 0 Å². The molecule has 1 aromatic heterocycles. The lowest BCUT2D eigenvalue weighted by molar-refractivity contribution is 0.0882. The Bertz CT molecular complexity index is 458. The van der Waals surface area contributed by atoms with Gasteiger partial charge in [0, 0.05) is 18.6 Å². The van der Waals surface area contributed by atoms with Crippen LogP contribution in [-0.4, -0.2) is 28.8 Å². The lowest BCUT2D eigenvalue weighted by Gasteiger charge is -2.31. The normalized spacial score (nSPS) is 13.6. The minimum absolute atomic E-state index is 0.0435. The fraction of sp³-hybridized carbons (Fsp3) is 0.733. The van der Waals surface area contributed by atoms with Gasteiger partial charge in [-0.1, -0.05) is 39.8 Å². The molecule has 114 valence electrons. The second-order valence-corrected chi connectivity index (χ2v) is 6.57. The average molecular weight is 282 g/mol. The molecule has 20 heavy (non-hydrogen) atoms. The van der Waals surface area contributed by atoms with Gasteiger partial charge in [-0.25, -0.2) is 0 Å². The van der Waals surface area contributed by atoms with E-state index < -0.39 is 0 Å². The number of nitrogens with one attached hydrogen (secondary N) is 1. The van der Waals surface area contributed by atoms with E-state index in [0.29, 0.717) is 23.4 Å². The summed E-state index contributed by atoms with van der Waals surface area (Å²) in [6, 6.07) is -0.102. The maximum absolute atomic E-state index is 12.5. The summed E-state index contributed by atoms with van der Waals surface area (Å²) in [6.07, 6.45) is 0.524. The van der Waals surface area contributed by atoms with Crippen LogP contribution >= 0.6 is 0 Å². The molecule has 0 radical (unpaired) electrons. The fourth-order valence-corrected chi connectivity index (χ4v) is 2.14. The summed E-state index contributed by atoms with van der Waals surface area (Å²) in [7, 11) is 0. The van der Waals surface area contributed by atoms with Gasteiger partial charge < -0.3 is 14.9 Å². The number of hydrogen-bond donors (Lipinski definition) is 2. The van der Waals surface area contributed by atoms with Crippen molar-refractivity contribution in [1.29, 1.82) is 0 Å². The second kappa shape index (κ2) is 6.39. The molecular formula is C15H26N2O3. The van der Waals surface area contributed by atoms with Crippen molar-refractivity contribution in [3.63, 3.8) is 0 Å². The number of aliphatic hydroxyl groups excluding tert-OH is 1. The summed E-state index contributed by atoms with van der Waals surface area (Å²) in [5.74, 6) is 0.528. The molecule has 1 heterocycles. The lowest BCUT2D eigenvalue weighted by atomic mass is 9.84. The van der Waals surface area contributed by atoms with E-state index in [9.17, 15) is 4.79 Å². The molecule has 2 N–H and O–H groups in total. The Labute approximate surface area is 120 Å². The molecule has 1 unspecified atom stereocenters. The predicted octanol–water partition coefficient (Wildman–Crippen LogP) is 2.63. The summed E-state index contributed by atoms with van der Waals surface area (Å²) in [5, 5.41) is 16.0. The van der Waals surface area contributed by atoms with Crippen molar-refractivity contribution in [1.82, 2.24) is 10.5 Å². The predicted molar refractivity (Wildman–Crippen MR) is 77.7 cm³/mol. The number of carbonyl (C=O) groups excluding carboxylic acids is 1.